The average molecular weight is 289 g/mol. The molecule has 1 saturated carbocycles. The number of carbonyl (C=O) groups is 1. The van der Waals surface area contributed by atoms with Crippen molar-refractivity contribution in [2.75, 3.05) is 5.32 Å². The van der Waals surface area contributed by atoms with Crippen molar-refractivity contribution in [1.82, 2.24) is 10.3 Å². The predicted octanol–water partition coefficient (Wildman–Crippen LogP) is 3.16. The van der Waals surface area contributed by atoms with E-state index >= 15 is 0 Å². The summed E-state index contributed by atoms with van der Waals surface area (Å²) in [5.74, 6) is 0.0806. The van der Waals surface area contributed by atoms with Crippen LogP contribution in [0.1, 0.15) is 32.6 Å². The third-order valence-corrected chi connectivity index (χ3v) is 4.63. The van der Waals surface area contributed by atoms with E-state index in [1.165, 1.54) is 10.4 Å². The van der Waals surface area contributed by atoms with Crippen LogP contribution in [0.2, 0.25) is 0 Å². The van der Waals surface area contributed by atoms with Crippen molar-refractivity contribution in [3.63, 3.8) is 0 Å². The Hall–Kier alpha value is -1.62. The van der Waals surface area contributed by atoms with E-state index in [1.54, 1.807) is 18.3 Å². The largest absolute Gasteiger partial charge is 0.382 e. The first-order chi connectivity index (χ1) is 9.70. The Morgan fingerprint density at radius 1 is 1.25 bits per heavy atom. The van der Waals surface area contributed by atoms with E-state index in [0.717, 1.165) is 31.2 Å². The molecule has 0 aliphatic heterocycles. The van der Waals surface area contributed by atoms with Crippen LogP contribution in [0.5, 0.6) is 0 Å². The quantitative estimate of drug-likeness (QED) is 0.912. The minimum Gasteiger partial charge on any atom is -0.382 e. The van der Waals surface area contributed by atoms with E-state index < -0.39 is 0 Å². The highest BCUT2D eigenvalue weighted by atomic mass is 32.1. The molecule has 0 atom stereocenters. The number of hydrogen-bond acceptors (Lipinski definition) is 4. The minimum atomic E-state index is 0.0806. The van der Waals surface area contributed by atoms with Crippen LogP contribution in [0.3, 0.4) is 0 Å². The number of rotatable bonds is 3. The summed E-state index contributed by atoms with van der Waals surface area (Å²) in [5.41, 5.74) is 4.12. The van der Waals surface area contributed by atoms with Gasteiger partial charge in [-0.05, 0) is 43.9 Å². The molecule has 20 heavy (non-hydrogen) atoms. The van der Waals surface area contributed by atoms with Gasteiger partial charge in [0, 0.05) is 24.7 Å². The molecule has 1 heterocycles. The Bertz CT molecular complexity index is 602. The Morgan fingerprint density at radius 2 is 2.00 bits per heavy atom. The van der Waals surface area contributed by atoms with E-state index in [2.05, 4.69) is 33.8 Å². The number of carbonyl (C=O) groups excluding carboxylic acids is 1. The van der Waals surface area contributed by atoms with Gasteiger partial charge in [0.25, 0.3) is 0 Å². The Morgan fingerprint density at radius 3 is 2.75 bits per heavy atom. The Balaban J connectivity index is 1.57. The molecular formula is C15H19N3OS. The van der Waals surface area contributed by atoms with Crippen molar-refractivity contribution in [1.29, 1.82) is 0 Å². The van der Waals surface area contributed by atoms with Crippen molar-refractivity contribution in [2.45, 2.75) is 44.7 Å². The Labute approximate surface area is 122 Å². The van der Waals surface area contributed by atoms with Gasteiger partial charge in [0.1, 0.15) is 0 Å². The van der Waals surface area contributed by atoms with E-state index in [1.807, 2.05) is 5.51 Å². The van der Waals surface area contributed by atoms with Gasteiger partial charge in [-0.1, -0.05) is 0 Å². The van der Waals surface area contributed by atoms with Gasteiger partial charge in [-0.3, -0.25) is 4.79 Å². The highest BCUT2D eigenvalue weighted by Gasteiger charge is 2.21. The zero-order valence-corrected chi connectivity index (χ0v) is 12.4. The standard InChI is InChI=1S/C15H19N3OS/c1-10(19)17-11-2-4-12(5-3-11)18-13-6-7-14-15(8-13)20-9-16-14/h6-9,11-12,18H,2-5H2,1H3,(H,17,19). The molecule has 4 nitrogen and oxygen atoms in total. The van der Waals surface area contributed by atoms with E-state index in [-0.39, 0.29) is 5.91 Å². The molecule has 1 aromatic carbocycles. The third kappa shape index (κ3) is 3.10. The van der Waals surface area contributed by atoms with E-state index in [9.17, 15) is 4.79 Å². The second-order valence-electron chi connectivity index (χ2n) is 5.43. The molecule has 1 aliphatic rings. The van der Waals surface area contributed by atoms with E-state index in [0.29, 0.717) is 12.1 Å². The number of benzene rings is 1. The summed E-state index contributed by atoms with van der Waals surface area (Å²) in [7, 11) is 0. The molecule has 0 radical (unpaired) electrons. The molecule has 2 N–H and O–H groups in total. The van der Waals surface area contributed by atoms with E-state index in [4.69, 9.17) is 0 Å². The van der Waals surface area contributed by atoms with Gasteiger partial charge in [-0.2, -0.15) is 0 Å². The SMILES string of the molecule is CC(=O)NC1CCC(Nc2ccc3ncsc3c2)CC1. The fraction of sp³-hybridized carbons (Fsp3) is 0.467. The molecule has 106 valence electrons. The van der Waals surface area contributed by atoms with Crippen molar-refractivity contribution >= 4 is 33.1 Å². The van der Waals surface area contributed by atoms with Gasteiger partial charge in [0.05, 0.1) is 15.7 Å². The number of hydrogen-bond donors (Lipinski definition) is 2. The molecule has 1 aromatic heterocycles. The maximum atomic E-state index is 11.1. The van der Waals surface area contributed by atoms with Gasteiger partial charge in [0.15, 0.2) is 0 Å². The predicted molar refractivity (Wildman–Crippen MR) is 83.1 cm³/mol. The van der Waals surface area contributed by atoms with Gasteiger partial charge in [-0.15, -0.1) is 11.3 Å². The number of aromatic nitrogens is 1. The van der Waals surface area contributed by atoms with Crippen LogP contribution in [0.25, 0.3) is 10.2 Å². The topological polar surface area (TPSA) is 54.0 Å². The van der Waals surface area contributed by atoms with Gasteiger partial charge < -0.3 is 10.6 Å². The van der Waals surface area contributed by atoms with Crippen LogP contribution >= 0.6 is 11.3 Å². The van der Waals surface area contributed by atoms with Crippen molar-refractivity contribution in [3.05, 3.63) is 23.7 Å². The zero-order valence-electron chi connectivity index (χ0n) is 11.6. The smallest absolute Gasteiger partial charge is 0.217 e. The first kappa shape index (κ1) is 13.4. The second-order valence-corrected chi connectivity index (χ2v) is 6.31. The fourth-order valence-electron chi connectivity index (χ4n) is 2.85. The molecule has 1 amide bonds. The summed E-state index contributed by atoms with van der Waals surface area (Å²) >= 11 is 1.67. The number of nitrogens with zero attached hydrogens (tertiary/aromatic N) is 1. The molecule has 3 rings (SSSR count). The molecule has 0 bridgehead atoms. The molecule has 0 saturated heterocycles. The highest BCUT2D eigenvalue weighted by Crippen LogP contribution is 2.26. The normalized spacial score (nSPS) is 22.6. The van der Waals surface area contributed by atoms with Gasteiger partial charge >= 0.3 is 0 Å². The first-order valence-corrected chi connectivity index (χ1v) is 7.95. The van der Waals surface area contributed by atoms with Crippen molar-refractivity contribution in [2.24, 2.45) is 0 Å². The summed E-state index contributed by atoms with van der Waals surface area (Å²) in [6.45, 7) is 1.59. The number of amides is 1. The second kappa shape index (κ2) is 5.79. The highest BCUT2D eigenvalue weighted by molar-refractivity contribution is 7.16. The van der Waals surface area contributed by atoms with Crippen molar-refractivity contribution in [3.8, 4) is 0 Å². The van der Waals surface area contributed by atoms with Crippen LogP contribution in [0.4, 0.5) is 5.69 Å². The van der Waals surface area contributed by atoms with Crippen LogP contribution in [-0.2, 0) is 4.79 Å². The van der Waals surface area contributed by atoms with Gasteiger partial charge in [-0.25, -0.2) is 4.98 Å². The Kier molecular flexibility index (Phi) is 3.87. The lowest BCUT2D eigenvalue weighted by atomic mass is 9.91. The summed E-state index contributed by atoms with van der Waals surface area (Å²) in [6, 6.07) is 7.20. The summed E-state index contributed by atoms with van der Waals surface area (Å²) < 4.78 is 1.22. The molecule has 1 fully saturated rings. The van der Waals surface area contributed by atoms with Gasteiger partial charge in [0.2, 0.25) is 5.91 Å². The summed E-state index contributed by atoms with van der Waals surface area (Å²) in [5, 5.41) is 6.62. The molecule has 1 aliphatic carbocycles. The summed E-state index contributed by atoms with van der Waals surface area (Å²) in [4.78, 5) is 15.3. The van der Waals surface area contributed by atoms with Crippen molar-refractivity contribution < 1.29 is 4.79 Å². The molecule has 2 aromatic rings. The number of thiazole rings is 1. The molecule has 5 heteroatoms. The first-order valence-electron chi connectivity index (χ1n) is 7.07. The monoisotopic (exact) mass is 289 g/mol. The molecule has 0 unspecified atom stereocenters. The third-order valence-electron chi connectivity index (χ3n) is 3.84. The average Bonchev–Trinajstić information content (AvgIpc) is 2.88. The minimum absolute atomic E-state index is 0.0806. The lowest BCUT2D eigenvalue weighted by Gasteiger charge is -2.30. The van der Waals surface area contributed by atoms with Crippen LogP contribution < -0.4 is 10.6 Å². The number of anilines is 1. The number of fused-ring (bicyclic) bond motifs is 1. The lowest BCUT2D eigenvalue weighted by Crippen LogP contribution is -2.39. The van der Waals surface area contributed by atoms with Crippen LogP contribution in [0.15, 0.2) is 23.7 Å². The van der Waals surface area contributed by atoms with Crippen LogP contribution in [-0.4, -0.2) is 23.0 Å². The molecular weight excluding hydrogens is 270 g/mol. The maximum Gasteiger partial charge on any atom is 0.217 e. The summed E-state index contributed by atoms with van der Waals surface area (Å²) in [6.07, 6.45) is 4.32. The van der Waals surface area contributed by atoms with Crippen LogP contribution in [0, 0.1) is 0 Å². The number of nitrogens with one attached hydrogen (secondary N) is 2. The molecule has 0 spiro atoms. The zero-order chi connectivity index (χ0) is 13.9. The maximum absolute atomic E-state index is 11.1. The fourth-order valence-corrected chi connectivity index (χ4v) is 3.57. The lowest BCUT2D eigenvalue weighted by molar-refractivity contribution is -0.119.